The second-order valence-corrected chi connectivity index (χ2v) is 19.3. The third kappa shape index (κ3) is 49.6. The topological polar surface area (TPSA) is 69.6 Å². The average Bonchev–Trinajstić information content (AvgIpc) is 3.28. The predicted molar refractivity (Wildman–Crippen MR) is 276 cm³/mol. The van der Waals surface area contributed by atoms with Crippen LogP contribution in [0.4, 0.5) is 0 Å². The largest absolute Gasteiger partial charge is 0.394 e. The summed E-state index contributed by atoms with van der Waals surface area (Å²) in [6.45, 7) is 4.31. The lowest BCUT2D eigenvalue weighted by atomic mass is 10.0. The van der Waals surface area contributed by atoms with Crippen LogP contribution in [0, 0.1) is 0 Å². The number of hydrogen-bond donors (Lipinski definition) is 3. The number of unbranched alkanes of at least 4 members (excludes halogenated alkanes) is 41. The Morgan fingerprint density at radius 2 is 0.629 bits per heavy atom. The van der Waals surface area contributed by atoms with Crippen LogP contribution in [0.5, 0.6) is 0 Å². The molecule has 3 N–H and O–H groups in total. The maximum Gasteiger partial charge on any atom is 0.220 e. The molecule has 2 atom stereocenters. The monoisotopic (exact) mass is 870 g/mol. The Labute approximate surface area is 389 Å². The van der Waals surface area contributed by atoms with Gasteiger partial charge in [-0.1, -0.05) is 281 Å². The summed E-state index contributed by atoms with van der Waals surface area (Å²) in [7, 11) is 0. The van der Waals surface area contributed by atoms with Crippen molar-refractivity contribution in [1.82, 2.24) is 5.32 Å². The highest BCUT2D eigenvalue weighted by Crippen LogP contribution is 2.17. The van der Waals surface area contributed by atoms with Crippen LogP contribution in [-0.4, -0.2) is 34.9 Å². The van der Waals surface area contributed by atoms with Crippen molar-refractivity contribution in [3.05, 3.63) is 36.5 Å². The van der Waals surface area contributed by atoms with Gasteiger partial charge in [-0.3, -0.25) is 4.79 Å². The molecule has 0 aromatic carbocycles. The van der Waals surface area contributed by atoms with Gasteiger partial charge in [-0.2, -0.15) is 0 Å². The van der Waals surface area contributed by atoms with E-state index in [4.69, 9.17) is 0 Å². The zero-order valence-corrected chi connectivity index (χ0v) is 42.2. The van der Waals surface area contributed by atoms with Crippen LogP contribution in [0.15, 0.2) is 36.5 Å². The second kappa shape index (κ2) is 53.9. The minimum absolute atomic E-state index is 0.0706. The standard InChI is InChI=1S/C58H111NO3/c1-3-5-7-9-11-13-15-17-18-19-20-21-22-23-24-25-26-27-28-29-30-31-32-33-34-35-36-37-38-39-40-42-44-46-48-50-52-54-58(62)59-56(55-60)57(61)53-51-49-47-45-43-41-16-14-12-10-8-6-4-2/h27-28,43,45,51,53,56-57,60-61H,3-26,29-42,44,46-50,52,54-55H2,1-2H3,(H,59,62)/b28-27-,45-43+,53-51+. The summed E-state index contributed by atoms with van der Waals surface area (Å²) in [5.41, 5.74) is 0. The highest BCUT2D eigenvalue weighted by atomic mass is 16.3. The van der Waals surface area contributed by atoms with E-state index in [9.17, 15) is 15.0 Å². The number of rotatable bonds is 52. The minimum Gasteiger partial charge on any atom is -0.394 e. The fourth-order valence-electron chi connectivity index (χ4n) is 8.78. The van der Waals surface area contributed by atoms with E-state index in [0.717, 1.165) is 32.1 Å². The number of carbonyl (C=O) groups is 1. The Bertz CT molecular complexity index is 943. The molecule has 62 heavy (non-hydrogen) atoms. The first-order valence-electron chi connectivity index (χ1n) is 28.2. The molecule has 0 aliphatic carbocycles. The Morgan fingerprint density at radius 1 is 0.371 bits per heavy atom. The molecule has 0 rings (SSSR count). The quantitative estimate of drug-likeness (QED) is 0.0421. The molecular weight excluding hydrogens is 759 g/mol. The number of nitrogens with one attached hydrogen (secondary N) is 1. The first kappa shape index (κ1) is 60.6. The molecule has 4 nitrogen and oxygen atoms in total. The van der Waals surface area contributed by atoms with Crippen LogP contribution in [0.1, 0.15) is 309 Å². The Kier molecular flexibility index (Phi) is 52.7. The van der Waals surface area contributed by atoms with Gasteiger partial charge < -0.3 is 15.5 Å². The normalized spacial score (nSPS) is 13.0. The summed E-state index contributed by atoms with van der Waals surface area (Å²) in [5.74, 6) is -0.0706. The van der Waals surface area contributed by atoms with Gasteiger partial charge in [0.05, 0.1) is 18.8 Å². The zero-order chi connectivity index (χ0) is 44.9. The first-order valence-corrected chi connectivity index (χ1v) is 28.2. The smallest absolute Gasteiger partial charge is 0.220 e. The lowest BCUT2D eigenvalue weighted by molar-refractivity contribution is -0.123. The summed E-state index contributed by atoms with van der Waals surface area (Å²) in [4.78, 5) is 12.4. The number of amides is 1. The Morgan fingerprint density at radius 3 is 0.935 bits per heavy atom. The fourth-order valence-corrected chi connectivity index (χ4v) is 8.78. The fraction of sp³-hybridized carbons (Fsp3) is 0.879. The number of aliphatic hydroxyl groups is 2. The van der Waals surface area contributed by atoms with Crippen LogP contribution in [-0.2, 0) is 4.79 Å². The molecule has 4 heteroatoms. The van der Waals surface area contributed by atoms with Gasteiger partial charge in [-0.05, 0) is 57.8 Å². The molecule has 0 radical (unpaired) electrons. The van der Waals surface area contributed by atoms with E-state index < -0.39 is 12.1 Å². The van der Waals surface area contributed by atoms with Gasteiger partial charge in [-0.15, -0.1) is 0 Å². The van der Waals surface area contributed by atoms with Gasteiger partial charge in [0.2, 0.25) is 5.91 Å². The van der Waals surface area contributed by atoms with E-state index in [1.165, 1.54) is 257 Å². The highest BCUT2D eigenvalue weighted by molar-refractivity contribution is 5.76. The van der Waals surface area contributed by atoms with Gasteiger partial charge in [0.15, 0.2) is 0 Å². The molecule has 0 fully saturated rings. The number of carbonyl (C=O) groups excluding carboxylic acids is 1. The minimum atomic E-state index is -0.860. The van der Waals surface area contributed by atoms with Crippen molar-refractivity contribution in [2.45, 2.75) is 321 Å². The predicted octanol–water partition coefficient (Wildman–Crippen LogP) is 18.5. The molecule has 0 aromatic heterocycles. The zero-order valence-electron chi connectivity index (χ0n) is 42.2. The lowest BCUT2D eigenvalue weighted by Gasteiger charge is -2.19. The van der Waals surface area contributed by atoms with E-state index >= 15 is 0 Å². The molecular formula is C58H111NO3. The van der Waals surface area contributed by atoms with E-state index in [1.807, 2.05) is 6.08 Å². The summed E-state index contributed by atoms with van der Waals surface area (Å²) in [6.07, 6.45) is 73.3. The van der Waals surface area contributed by atoms with Gasteiger partial charge in [0.1, 0.15) is 0 Å². The van der Waals surface area contributed by atoms with Crippen molar-refractivity contribution >= 4 is 5.91 Å². The first-order chi connectivity index (χ1) is 30.7. The average molecular weight is 871 g/mol. The maximum atomic E-state index is 12.4. The Balaban J connectivity index is 3.40. The molecule has 0 spiro atoms. The molecule has 0 saturated carbocycles. The second-order valence-electron chi connectivity index (χ2n) is 19.3. The van der Waals surface area contributed by atoms with E-state index in [1.54, 1.807) is 6.08 Å². The van der Waals surface area contributed by atoms with Gasteiger partial charge >= 0.3 is 0 Å². The Hall–Kier alpha value is -1.39. The molecule has 0 bridgehead atoms. The van der Waals surface area contributed by atoms with Gasteiger partial charge in [-0.25, -0.2) is 0 Å². The molecule has 366 valence electrons. The van der Waals surface area contributed by atoms with Crippen LogP contribution in [0.3, 0.4) is 0 Å². The van der Waals surface area contributed by atoms with E-state index in [-0.39, 0.29) is 12.5 Å². The summed E-state index contributed by atoms with van der Waals surface area (Å²) in [5, 5.41) is 23.0. The van der Waals surface area contributed by atoms with Crippen LogP contribution >= 0.6 is 0 Å². The van der Waals surface area contributed by atoms with E-state index in [2.05, 4.69) is 43.5 Å². The van der Waals surface area contributed by atoms with Gasteiger partial charge in [0, 0.05) is 6.42 Å². The van der Waals surface area contributed by atoms with Gasteiger partial charge in [0.25, 0.3) is 0 Å². The summed E-state index contributed by atoms with van der Waals surface area (Å²) in [6, 6.07) is -0.637. The number of allylic oxidation sites excluding steroid dienone is 5. The van der Waals surface area contributed by atoms with Crippen molar-refractivity contribution in [1.29, 1.82) is 0 Å². The van der Waals surface area contributed by atoms with Crippen molar-refractivity contribution in [2.75, 3.05) is 6.61 Å². The molecule has 2 unspecified atom stereocenters. The summed E-state index contributed by atoms with van der Waals surface area (Å²) >= 11 is 0. The third-order valence-corrected chi connectivity index (χ3v) is 13.1. The molecule has 0 aliphatic heterocycles. The molecule has 0 heterocycles. The van der Waals surface area contributed by atoms with Crippen LogP contribution in [0.2, 0.25) is 0 Å². The van der Waals surface area contributed by atoms with E-state index in [0.29, 0.717) is 6.42 Å². The third-order valence-electron chi connectivity index (χ3n) is 13.1. The maximum absolute atomic E-state index is 12.4. The number of hydrogen-bond acceptors (Lipinski definition) is 3. The number of aliphatic hydroxyl groups excluding tert-OH is 2. The van der Waals surface area contributed by atoms with Crippen molar-refractivity contribution < 1.29 is 15.0 Å². The van der Waals surface area contributed by atoms with Crippen molar-refractivity contribution in [2.24, 2.45) is 0 Å². The van der Waals surface area contributed by atoms with Crippen LogP contribution in [0.25, 0.3) is 0 Å². The highest BCUT2D eigenvalue weighted by Gasteiger charge is 2.18. The molecule has 1 amide bonds. The molecule has 0 saturated heterocycles. The molecule has 0 aliphatic rings. The van der Waals surface area contributed by atoms with Crippen LogP contribution < -0.4 is 5.32 Å². The van der Waals surface area contributed by atoms with Crippen molar-refractivity contribution in [3.8, 4) is 0 Å². The molecule has 0 aromatic rings. The lowest BCUT2D eigenvalue weighted by Crippen LogP contribution is -2.45. The van der Waals surface area contributed by atoms with Crippen molar-refractivity contribution in [3.63, 3.8) is 0 Å². The SMILES string of the molecule is CCCCCCCCC/C=C/CC/C=C/C(O)C(CO)NC(=O)CCCCCCCCCCCCCCCCCCC/C=C\CCCCCCCCCCCCCCCCCC. The summed E-state index contributed by atoms with van der Waals surface area (Å²) < 4.78 is 0.